The van der Waals surface area contributed by atoms with Gasteiger partial charge in [0.05, 0.1) is 0 Å². The average Bonchev–Trinajstić information content (AvgIpc) is 2.59. The average molecular weight is 186 g/mol. The fraction of sp³-hybridized carbons (Fsp3) is 0.385. The third-order valence-corrected chi connectivity index (χ3v) is 3.33. The largest absolute Gasteiger partial charge is 0.485 e. The molecule has 14 heavy (non-hydrogen) atoms. The van der Waals surface area contributed by atoms with Gasteiger partial charge < -0.3 is 4.74 Å². The number of hydrogen-bond donors (Lipinski definition) is 0. The molecule has 2 atom stereocenters. The van der Waals surface area contributed by atoms with Crippen LogP contribution in [0.1, 0.15) is 31.2 Å². The second-order valence-corrected chi connectivity index (χ2v) is 4.21. The van der Waals surface area contributed by atoms with Crippen molar-refractivity contribution in [2.75, 3.05) is 0 Å². The molecule has 1 heterocycles. The molecule has 0 N–H and O–H groups in total. The number of fused-ring (bicyclic) bond motifs is 3. The van der Waals surface area contributed by atoms with Crippen molar-refractivity contribution in [3.63, 3.8) is 0 Å². The number of benzene rings is 1. The molecular formula is C13H14O. The Labute approximate surface area is 84.4 Å². The summed E-state index contributed by atoms with van der Waals surface area (Å²) in [6, 6.07) is 8.45. The van der Waals surface area contributed by atoms with Gasteiger partial charge >= 0.3 is 0 Å². The monoisotopic (exact) mass is 186 g/mol. The van der Waals surface area contributed by atoms with Crippen LogP contribution in [0.2, 0.25) is 0 Å². The first-order valence-electron chi connectivity index (χ1n) is 5.28. The topological polar surface area (TPSA) is 9.23 Å². The molecule has 1 aromatic rings. The van der Waals surface area contributed by atoms with Gasteiger partial charge in [0.2, 0.25) is 0 Å². The number of ether oxygens (including phenoxy) is 1. The first-order chi connectivity index (χ1) is 6.86. The molecule has 0 bridgehead atoms. The summed E-state index contributed by atoms with van der Waals surface area (Å²) in [6.45, 7) is 2.18. The Hall–Kier alpha value is -1.24. The van der Waals surface area contributed by atoms with Crippen LogP contribution in [0.25, 0.3) is 0 Å². The van der Waals surface area contributed by atoms with Gasteiger partial charge in [-0.1, -0.05) is 24.3 Å². The molecule has 2 unspecified atom stereocenters. The minimum Gasteiger partial charge on any atom is -0.485 e. The summed E-state index contributed by atoms with van der Waals surface area (Å²) in [5.74, 6) is 1.70. The first kappa shape index (κ1) is 8.10. The molecule has 2 aliphatic rings. The van der Waals surface area contributed by atoms with E-state index in [0.29, 0.717) is 12.0 Å². The minimum atomic E-state index is 0.321. The standard InChI is InChI=1S/C13H14O/c1-9-5-4-7-11-10-6-2-3-8-12(10)14-13(9)11/h2-3,5-6,8,11,13H,4,7H2,1H3. The van der Waals surface area contributed by atoms with Crippen LogP contribution in [0, 0.1) is 0 Å². The molecular weight excluding hydrogens is 172 g/mol. The molecule has 1 aliphatic heterocycles. The van der Waals surface area contributed by atoms with Gasteiger partial charge in [0.1, 0.15) is 11.9 Å². The quantitative estimate of drug-likeness (QED) is 0.565. The van der Waals surface area contributed by atoms with E-state index >= 15 is 0 Å². The van der Waals surface area contributed by atoms with E-state index in [2.05, 4.69) is 37.3 Å². The smallest absolute Gasteiger partial charge is 0.126 e. The highest BCUT2D eigenvalue weighted by Crippen LogP contribution is 2.45. The molecule has 0 saturated carbocycles. The molecule has 3 rings (SSSR count). The molecule has 0 spiro atoms. The second kappa shape index (κ2) is 2.88. The molecule has 0 aromatic heterocycles. The molecule has 0 radical (unpaired) electrons. The van der Waals surface area contributed by atoms with E-state index in [1.807, 2.05) is 0 Å². The highest BCUT2D eigenvalue weighted by molar-refractivity contribution is 5.44. The summed E-state index contributed by atoms with van der Waals surface area (Å²) in [5.41, 5.74) is 2.81. The lowest BCUT2D eigenvalue weighted by Crippen LogP contribution is -2.22. The van der Waals surface area contributed by atoms with E-state index in [1.54, 1.807) is 0 Å². The third-order valence-electron chi connectivity index (χ3n) is 3.33. The van der Waals surface area contributed by atoms with E-state index in [-0.39, 0.29) is 0 Å². The fourth-order valence-corrected chi connectivity index (χ4v) is 2.60. The maximum atomic E-state index is 5.95. The van der Waals surface area contributed by atoms with Crippen molar-refractivity contribution in [2.24, 2.45) is 0 Å². The third kappa shape index (κ3) is 1.02. The van der Waals surface area contributed by atoms with Gasteiger partial charge in [-0.25, -0.2) is 0 Å². The summed E-state index contributed by atoms with van der Waals surface area (Å²) < 4.78 is 5.95. The molecule has 1 aliphatic carbocycles. The highest BCUT2D eigenvalue weighted by Gasteiger charge is 2.36. The Kier molecular flexibility index (Phi) is 1.66. The van der Waals surface area contributed by atoms with Crippen molar-refractivity contribution in [3.8, 4) is 5.75 Å². The van der Waals surface area contributed by atoms with Crippen molar-refractivity contribution < 1.29 is 4.74 Å². The van der Waals surface area contributed by atoms with Gasteiger partial charge in [-0.2, -0.15) is 0 Å². The predicted octanol–water partition coefficient (Wildman–Crippen LogP) is 3.27. The summed E-state index contributed by atoms with van der Waals surface area (Å²) in [5, 5.41) is 0. The zero-order valence-electron chi connectivity index (χ0n) is 8.36. The molecule has 0 amide bonds. The van der Waals surface area contributed by atoms with Crippen molar-refractivity contribution >= 4 is 0 Å². The lowest BCUT2D eigenvalue weighted by Gasteiger charge is -2.23. The van der Waals surface area contributed by atoms with Gasteiger partial charge in [-0.15, -0.1) is 0 Å². The Balaban J connectivity index is 2.07. The van der Waals surface area contributed by atoms with Crippen LogP contribution >= 0.6 is 0 Å². The van der Waals surface area contributed by atoms with Gasteiger partial charge in [-0.05, 0) is 31.4 Å². The SMILES string of the molecule is CC1=CCCC2c3ccccc3OC12. The van der Waals surface area contributed by atoms with Gasteiger partial charge in [-0.3, -0.25) is 0 Å². The minimum absolute atomic E-state index is 0.321. The lowest BCUT2D eigenvalue weighted by molar-refractivity contribution is 0.230. The second-order valence-electron chi connectivity index (χ2n) is 4.21. The molecule has 1 heteroatoms. The van der Waals surface area contributed by atoms with E-state index in [1.165, 1.54) is 24.0 Å². The van der Waals surface area contributed by atoms with Crippen LogP contribution in [-0.2, 0) is 0 Å². The van der Waals surface area contributed by atoms with Crippen LogP contribution < -0.4 is 4.74 Å². The molecule has 1 nitrogen and oxygen atoms in total. The fourth-order valence-electron chi connectivity index (χ4n) is 2.60. The van der Waals surface area contributed by atoms with Crippen LogP contribution in [0.5, 0.6) is 5.75 Å². The van der Waals surface area contributed by atoms with Crippen LogP contribution in [0.15, 0.2) is 35.9 Å². The first-order valence-corrected chi connectivity index (χ1v) is 5.28. The zero-order valence-corrected chi connectivity index (χ0v) is 8.36. The number of allylic oxidation sites excluding steroid dienone is 1. The Morgan fingerprint density at radius 1 is 1.29 bits per heavy atom. The number of rotatable bonds is 0. The summed E-state index contributed by atoms with van der Waals surface area (Å²) >= 11 is 0. The predicted molar refractivity (Wildman–Crippen MR) is 56.6 cm³/mol. The van der Waals surface area contributed by atoms with Gasteiger partial charge in [0, 0.05) is 11.5 Å². The lowest BCUT2D eigenvalue weighted by atomic mass is 9.83. The van der Waals surface area contributed by atoms with Crippen LogP contribution in [-0.4, -0.2) is 6.10 Å². The number of hydrogen-bond acceptors (Lipinski definition) is 1. The van der Waals surface area contributed by atoms with Gasteiger partial charge in [0.15, 0.2) is 0 Å². The van der Waals surface area contributed by atoms with Crippen molar-refractivity contribution in [1.82, 2.24) is 0 Å². The van der Waals surface area contributed by atoms with Gasteiger partial charge in [0.25, 0.3) is 0 Å². The van der Waals surface area contributed by atoms with Crippen LogP contribution in [0.3, 0.4) is 0 Å². The summed E-state index contributed by atoms with van der Waals surface area (Å²) in [6.07, 6.45) is 5.07. The van der Waals surface area contributed by atoms with Crippen molar-refractivity contribution in [2.45, 2.75) is 31.8 Å². The Morgan fingerprint density at radius 3 is 3.07 bits per heavy atom. The van der Waals surface area contributed by atoms with Crippen molar-refractivity contribution in [3.05, 3.63) is 41.5 Å². The number of para-hydroxylation sites is 1. The van der Waals surface area contributed by atoms with Crippen LogP contribution in [0.4, 0.5) is 0 Å². The normalized spacial score (nSPS) is 28.8. The maximum Gasteiger partial charge on any atom is 0.126 e. The van der Waals surface area contributed by atoms with E-state index < -0.39 is 0 Å². The maximum absolute atomic E-state index is 5.95. The molecule has 1 aromatic carbocycles. The summed E-state index contributed by atoms with van der Waals surface area (Å²) in [7, 11) is 0. The van der Waals surface area contributed by atoms with E-state index in [0.717, 1.165) is 5.75 Å². The summed E-state index contributed by atoms with van der Waals surface area (Å²) in [4.78, 5) is 0. The van der Waals surface area contributed by atoms with E-state index in [9.17, 15) is 0 Å². The van der Waals surface area contributed by atoms with Crippen molar-refractivity contribution in [1.29, 1.82) is 0 Å². The Morgan fingerprint density at radius 2 is 2.14 bits per heavy atom. The van der Waals surface area contributed by atoms with E-state index in [4.69, 9.17) is 4.74 Å². The zero-order chi connectivity index (χ0) is 9.54. The molecule has 0 saturated heterocycles. The molecule has 0 fully saturated rings. The highest BCUT2D eigenvalue weighted by atomic mass is 16.5. The molecule has 72 valence electrons. The Bertz CT molecular complexity index is 392.